The molecule has 7 heteroatoms. The molecule has 19 heavy (non-hydrogen) atoms. The molecule has 0 saturated carbocycles. The highest BCUT2D eigenvalue weighted by atomic mass is 32.2. The molecule has 0 aliphatic heterocycles. The van der Waals surface area contributed by atoms with Crippen molar-refractivity contribution in [2.75, 3.05) is 6.54 Å². The first-order chi connectivity index (χ1) is 9.09. The Morgan fingerprint density at radius 2 is 2.21 bits per heavy atom. The van der Waals surface area contributed by atoms with Crippen molar-refractivity contribution in [1.82, 2.24) is 4.31 Å². The van der Waals surface area contributed by atoms with Gasteiger partial charge in [0.05, 0.1) is 24.3 Å². The van der Waals surface area contributed by atoms with Crippen LogP contribution < -0.4 is 0 Å². The van der Waals surface area contributed by atoms with Crippen LogP contribution in [-0.2, 0) is 23.2 Å². The van der Waals surface area contributed by atoms with Gasteiger partial charge in [-0.2, -0.15) is 4.31 Å². The second kappa shape index (κ2) is 5.87. The van der Waals surface area contributed by atoms with Gasteiger partial charge in [0.25, 0.3) is 0 Å². The van der Waals surface area contributed by atoms with Gasteiger partial charge in [0.2, 0.25) is 10.0 Å². The molecule has 2 rings (SSSR count). The molecule has 0 bridgehead atoms. The van der Waals surface area contributed by atoms with Crippen LogP contribution in [0.1, 0.15) is 17.6 Å². The highest BCUT2D eigenvalue weighted by Gasteiger charge is 2.27. The van der Waals surface area contributed by atoms with Gasteiger partial charge in [-0.25, -0.2) is 8.42 Å². The second-order valence-corrected chi connectivity index (χ2v) is 6.78. The van der Waals surface area contributed by atoms with Crippen LogP contribution in [0.4, 0.5) is 0 Å². The number of hydrogen-bond acceptors (Lipinski definition) is 5. The minimum absolute atomic E-state index is 0.174. The molecule has 0 aromatic carbocycles. The first-order valence-corrected chi connectivity index (χ1v) is 8.11. The van der Waals surface area contributed by atoms with E-state index in [2.05, 4.69) is 0 Å². The number of aliphatic hydroxyl groups excluding tert-OH is 1. The van der Waals surface area contributed by atoms with Crippen LogP contribution in [-0.4, -0.2) is 24.4 Å². The third-order valence-corrected chi connectivity index (χ3v) is 5.77. The number of sulfonamides is 1. The number of aliphatic hydroxyl groups is 1. The summed E-state index contributed by atoms with van der Waals surface area (Å²) in [7, 11) is -3.60. The zero-order valence-corrected chi connectivity index (χ0v) is 12.1. The normalized spacial score (nSPS) is 12.2. The lowest BCUT2D eigenvalue weighted by Crippen LogP contribution is -2.30. The Labute approximate surface area is 116 Å². The van der Waals surface area contributed by atoms with Gasteiger partial charge in [-0.05, 0) is 23.6 Å². The zero-order valence-electron chi connectivity index (χ0n) is 10.4. The molecule has 0 radical (unpaired) electrons. The fourth-order valence-electron chi connectivity index (χ4n) is 1.76. The predicted molar refractivity (Wildman–Crippen MR) is 72.2 cm³/mol. The van der Waals surface area contributed by atoms with Crippen molar-refractivity contribution in [3.63, 3.8) is 0 Å². The molecule has 0 aliphatic rings. The van der Waals surface area contributed by atoms with Gasteiger partial charge >= 0.3 is 0 Å². The van der Waals surface area contributed by atoms with Gasteiger partial charge in [0, 0.05) is 11.4 Å². The lowest BCUT2D eigenvalue weighted by molar-refractivity contribution is 0.282. The molecule has 0 unspecified atom stereocenters. The van der Waals surface area contributed by atoms with E-state index in [-0.39, 0.29) is 18.0 Å². The zero-order chi connectivity index (χ0) is 13.9. The van der Waals surface area contributed by atoms with Crippen molar-refractivity contribution in [2.45, 2.75) is 25.0 Å². The Morgan fingerprint density at radius 3 is 2.79 bits per heavy atom. The minimum Gasteiger partial charge on any atom is -0.468 e. The Morgan fingerprint density at radius 1 is 1.42 bits per heavy atom. The number of thiophene rings is 1. The maximum atomic E-state index is 12.5. The standard InChI is InChI=1S/C12H15NO4S2/c1-2-13(8-10-4-3-6-17-10)19(15,16)12-5-7-18-11(12)9-14/h3-7,14H,2,8-9H2,1H3. The number of rotatable bonds is 6. The summed E-state index contributed by atoms with van der Waals surface area (Å²) in [6.07, 6.45) is 1.51. The average molecular weight is 301 g/mol. The van der Waals surface area contributed by atoms with Crippen LogP contribution in [0.15, 0.2) is 39.2 Å². The van der Waals surface area contributed by atoms with Gasteiger partial charge in [0.15, 0.2) is 0 Å². The van der Waals surface area contributed by atoms with Gasteiger partial charge in [-0.1, -0.05) is 6.92 Å². The second-order valence-electron chi connectivity index (χ2n) is 3.88. The van der Waals surface area contributed by atoms with Crippen molar-refractivity contribution in [3.8, 4) is 0 Å². The molecule has 2 aromatic rings. The van der Waals surface area contributed by atoms with Crippen molar-refractivity contribution in [2.24, 2.45) is 0 Å². The van der Waals surface area contributed by atoms with E-state index in [4.69, 9.17) is 4.42 Å². The SMILES string of the molecule is CCN(Cc1ccco1)S(=O)(=O)c1ccsc1CO. The molecule has 1 N–H and O–H groups in total. The minimum atomic E-state index is -3.60. The average Bonchev–Trinajstić information content (AvgIpc) is 3.06. The lowest BCUT2D eigenvalue weighted by Gasteiger charge is -2.19. The number of furan rings is 1. The molecule has 0 spiro atoms. The van der Waals surface area contributed by atoms with Crippen LogP contribution in [0.25, 0.3) is 0 Å². The number of nitrogens with zero attached hydrogens (tertiary/aromatic N) is 1. The summed E-state index contributed by atoms with van der Waals surface area (Å²) in [6, 6.07) is 4.98. The largest absolute Gasteiger partial charge is 0.468 e. The lowest BCUT2D eigenvalue weighted by atomic mass is 10.4. The van der Waals surface area contributed by atoms with Gasteiger partial charge in [-0.3, -0.25) is 0 Å². The molecule has 2 heterocycles. The first kappa shape index (κ1) is 14.3. The van der Waals surface area contributed by atoms with Crippen molar-refractivity contribution < 1.29 is 17.9 Å². The third-order valence-electron chi connectivity index (χ3n) is 2.73. The molecule has 0 aliphatic carbocycles. The quantitative estimate of drug-likeness (QED) is 0.886. The van der Waals surface area contributed by atoms with Crippen molar-refractivity contribution in [3.05, 3.63) is 40.5 Å². The highest BCUT2D eigenvalue weighted by Crippen LogP contribution is 2.26. The Balaban J connectivity index is 2.31. The smallest absolute Gasteiger partial charge is 0.244 e. The topological polar surface area (TPSA) is 70.8 Å². The van der Waals surface area contributed by atoms with E-state index in [1.54, 1.807) is 24.4 Å². The van der Waals surface area contributed by atoms with E-state index in [0.29, 0.717) is 17.2 Å². The van der Waals surface area contributed by atoms with E-state index >= 15 is 0 Å². The summed E-state index contributed by atoms with van der Waals surface area (Å²) in [6.45, 7) is 2.02. The summed E-state index contributed by atoms with van der Waals surface area (Å²) < 4.78 is 31.5. The first-order valence-electron chi connectivity index (χ1n) is 5.79. The van der Waals surface area contributed by atoms with E-state index in [9.17, 15) is 13.5 Å². The summed E-state index contributed by atoms with van der Waals surface area (Å²) in [4.78, 5) is 0.631. The summed E-state index contributed by atoms with van der Waals surface area (Å²) in [5.41, 5.74) is 0. The van der Waals surface area contributed by atoms with Gasteiger partial charge in [-0.15, -0.1) is 11.3 Å². The predicted octanol–water partition coefficient (Wildman–Crippen LogP) is 2.04. The summed E-state index contributed by atoms with van der Waals surface area (Å²) in [5, 5.41) is 10.9. The van der Waals surface area contributed by atoms with Crippen molar-refractivity contribution >= 4 is 21.4 Å². The maximum absolute atomic E-state index is 12.5. The molecule has 0 amide bonds. The third kappa shape index (κ3) is 2.89. The maximum Gasteiger partial charge on any atom is 0.244 e. The monoisotopic (exact) mass is 301 g/mol. The van der Waals surface area contributed by atoms with Crippen LogP contribution in [0, 0.1) is 0 Å². The molecular weight excluding hydrogens is 286 g/mol. The molecule has 0 saturated heterocycles. The van der Waals surface area contributed by atoms with Crippen molar-refractivity contribution in [1.29, 1.82) is 0 Å². The fourth-order valence-corrected chi connectivity index (χ4v) is 4.44. The Kier molecular flexibility index (Phi) is 4.41. The molecular formula is C12H15NO4S2. The Hall–Kier alpha value is -1.15. The molecule has 0 atom stereocenters. The molecule has 104 valence electrons. The molecule has 0 fully saturated rings. The van der Waals surface area contributed by atoms with Crippen LogP contribution >= 0.6 is 11.3 Å². The molecule has 2 aromatic heterocycles. The van der Waals surface area contributed by atoms with Gasteiger partial charge in [0.1, 0.15) is 5.76 Å². The van der Waals surface area contributed by atoms with E-state index in [0.717, 1.165) is 0 Å². The summed E-state index contributed by atoms with van der Waals surface area (Å²) in [5.74, 6) is 0.589. The fraction of sp³-hybridized carbons (Fsp3) is 0.333. The number of hydrogen-bond donors (Lipinski definition) is 1. The van der Waals surface area contributed by atoms with E-state index in [1.165, 1.54) is 28.0 Å². The highest BCUT2D eigenvalue weighted by molar-refractivity contribution is 7.89. The Bertz CT molecular complexity index is 616. The summed E-state index contributed by atoms with van der Waals surface area (Å²) >= 11 is 1.23. The van der Waals surface area contributed by atoms with Crippen LogP contribution in [0.3, 0.4) is 0 Å². The molecule has 5 nitrogen and oxygen atoms in total. The van der Waals surface area contributed by atoms with E-state index < -0.39 is 10.0 Å². The van der Waals surface area contributed by atoms with E-state index in [1.807, 2.05) is 0 Å². The van der Waals surface area contributed by atoms with Crippen LogP contribution in [0.2, 0.25) is 0 Å². The van der Waals surface area contributed by atoms with Crippen LogP contribution in [0.5, 0.6) is 0 Å². The van der Waals surface area contributed by atoms with Gasteiger partial charge < -0.3 is 9.52 Å².